The van der Waals surface area contributed by atoms with Gasteiger partial charge in [0.15, 0.2) is 0 Å². The van der Waals surface area contributed by atoms with E-state index >= 15 is 0 Å². The molecule has 0 aliphatic heterocycles. The van der Waals surface area contributed by atoms with Crippen molar-refractivity contribution in [2.45, 2.75) is 37.6 Å². The molecule has 0 spiro atoms. The lowest BCUT2D eigenvalue weighted by Gasteiger charge is -2.17. The first-order valence-corrected chi connectivity index (χ1v) is 7.27. The third-order valence-electron chi connectivity index (χ3n) is 2.63. The van der Waals surface area contributed by atoms with Crippen molar-refractivity contribution in [3.8, 4) is 0 Å². The van der Waals surface area contributed by atoms with Crippen LogP contribution in [0.4, 0.5) is 0 Å². The fourth-order valence-corrected chi connectivity index (χ4v) is 3.24. The Hall–Kier alpha value is -0.910. The van der Waals surface area contributed by atoms with Gasteiger partial charge in [-0.3, -0.25) is 0 Å². The van der Waals surface area contributed by atoms with Crippen molar-refractivity contribution >= 4 is 10.0 Å². The lowest BCUT2D eigenvalue weighted by molar-refractivity contribution is 0.527. The number of rotatable bonds is 6. The quantitative estimate of drug-likeness (QED) is 0.808. The largest absolute Gasteiger partial charge is 0.329 e. The zero-order valence-corrected chi connectivity index (χ0v) is 11.1. The van der Waals surface area contributed by atoms with Gasteiger partial charge in [-0.1, -0.05) is 31.5 Å². The Labute approximate surface area is 103 Å². The van der Waals surface area contributed by atoms with Gasteiger partial charge < -0.3 is 5.73 Å². The maximum absolute atomic E-state index is 12.1. The summed E-state index contributed by atoms with van der Waals surface area (Å²) in [5.41, 5.74) is 6.30. The van der Waals surface area contributed by atoms with Crippen molar-refractivity contribution in [2.75, 3.05) is 6.54 Å². The smallest absolute Gasteiger partial charge is 0.241 e. The molecule has 1 aromatic carbocycles. The average molecular weight is 256 g/mol. The van der Waals surface area contributed by atoms with E-state index in [9.17, 15) is 8.42 Å². The monoisotopic (exact) mass is 256 g/mol. The SMILES string of the molecule is CCCC(CN)NS(=O)(=O)c1ccccc1C. The molecule has 0 aliphatic rings. The van der Waals surface area contributed by atoms with Crippen LogP contribution in [0.25, 0.3) is 0 Å². The molecule has 0 amide bonds. The molecule has 0 bridgehead atoms. The standard InChI is InChI=1S/C12H20N2O2S/c1-3-6-11(9-13)14-17(15,16)12-8-5-4-7-10(12)2/h4-5,7-8,11,14H,3,6,9,13H2,1-2H3. The number of hydrogen-bond acceptors (Lipinski definition) is 3. The van der Waals surface area contributed by atoms with Gasteiger partial charge in [-0.2, -0.15) is 0 Å². The summed E-state index contributed by atoms with van der Waals surface area (Å²) >= 11 is 0. The van der Waals surface area contributed by atoms with Crippen LogP contribution in [0.15, 0.2) is 29.2 Å². The van der Waals surface area contributed by atoms with Crippen molar-refractivity contribution in [3.63, 3.8) is 0 Å². The van der Waals surface area contributed by atoms with Crippen LogP contribution in [0.2, 0.25) is 0 Å². The molecule has 1 atom stereocenters. The number of nitrogens with one attached hydrogen (secondary N) is 1. The molecule has 1 rings (SSSR count). The van der Waals surface area contributed by atoms with Crippen LogP contribution >= 0.6 is 0 Å². The highest BCUT2D eigenvalue weighted by Gasteiger charge is 2.19. The maximum Gasteiger partial charge on any atom is 0.241 e. The van der Waals surface area contributed by atoms with E-state index < -0.39 is 10.0 Å². The first kappa shape index (κ1) is 14.2. The van der Waals surface area contributed by atoms with Crippen molar-refractivity contribution in [1.29, 1.82) is 0 Å². The van der Waals surface area contributed by atoms with Crippen molar-refractivity contribution in [3.05, 3.63) is 29.8 Å². The minimum absolute atomic E-state index is 0.190. The number of benzene rings is 1. The zero-order chi connectivity index (χ0) is 12.9. The summed E-state index contributed by atoms with van der Waals surface area (Å²) in [6.07, 6.45) is 1.65. The molecule has 5 heteroatoms. The van der Waals surface area contributed by atoms with E-state index in [2.05, 4.69) is 4.72 Å². The molecular formula is C12H20N2O2S. The molecule has 0 saturated carbocycles. The van der Waals surface area contributed by atoms with Crippen molar-refractivity contribution in [2.24, 2.45) is 5.73 Å². The number of nitrogens with two attached hydrogens (primary N) is 1. The highest BCUT2D eigenvalue weighted by Crippen LogP contribution is 2.14. The molecule has 0 heterocycles. The highest BCUT2D eigenvalue weighted by molar-refractivity contribution is 7.89. The molecule has 3 N–H and O–H groups in total. The van der Waals surface area contributed by atoms with Crippen LogP contribution in [-0.2, 0) is 10.0 Å². The van der Waals surface area contributed by atoms with E-state index in [1.54, 1.807) is 25.1 Å². The minimum Gasteiger partial charge on any atom is -0.329 e. The van der Waals surface area contributed by atoms with Gasteiger partial charge in [0.25, 0.3) is 0 Å². The summed E-state index contributed by atoms with van der Waals surface area (Å²) < 4.78 is 26.9. The Morgan fingerprint density at radius 3 is 2.53 bits per heavy atom. The molecule has 1 unspecified atom stereocenters. The van der Waals surface area contributed by atoms with Gasteiger partial charge >= 0.3 is 0 Å². The van der Waals surface area contributed by atoms with Gasteiger partial charge in [-0.25, -0.2) is 13.1 Å². The van der Waals surface area contributed by atoms with Gasteiger partial charge in [-0.15, -0.1) is 0 Å². The fourth-order valence-electron chi connectivity index (χ4n) is 1.71. The van der Waals surface area contributed by atoms with Gasteiger partial charge in [0, 0.05) is 12.6 Å². The van der Waals surface area contributed by atoms with E-state index in [1.165, 1.54) is 0 Å². The number of sulfonamides is 1. The molecule has 0 fully saturated rings. The molecular weight excluding hydrogens is 236 g/mol. The Bertz CT molecular complexity index is 457. The van der Waals surface area contributed by atoms with Gasteiger partial charge in [0.2, 0.25) is 10.0 Å². The molecule has 4 nitrogen and oxygen atoms in total. The lowest BCUT2D eigenvalue weighted by Crippen LogP contribution is -2.40. The van der Waals surface area contributed by atoms with Gasteiger partial charge in [0.05, 0.1) is 4.90 Å². The Balaban J connectivity index is 2.92. The Morgan fingerprint density at radius 2 is 2.00 bits per heavy atom. The molecule has 96 valence electrons. The molecule has 1 aromatic rings. The Kier molecular flexibility index (Phi) is 5.11. The van der Waals surface area contributed by atoms with Gasteiger partial charge in [-0.05, 0) is 25.0 Å². The van der Waals surface area contributed by atoms with E-state index in [1.807, 2.05) is 13.0 Å². The normalized spacial score (nSPS) is 13.6. The summed E-state index contributed by atoms with van der Waals surface area (Å²) in [5.74, 6) is 0. The minimum atomic E-state index is -3.45. The molecule has 0 aromatic heterocycles. The molecule has 0 saturated heterocycles. The second kappa shape index (κ2) is 6.14. The predicted octanol–water partition coefficient (Wildman–Crippen LogP) is 1.40. The number of hydrogen-bond donors (Lipinski definition) is 2. The summed E-state index contributed by atoms with van der Waals surface area (Å²) in [7, 11) is -3.45. The summed E-state index contributed by atoms with van der Waals surface area (Å²) in [6.45, 7) is 4.11. The van der Waals surface area contributed by atoms with Crippen LogP contribution in [0.5, 0.6) is 0 Å². The zero-order valence-electron chi connectivity index (χ0n) is 10.3. The Morgan fingerprint density at radius 1 is 1.35 bits per heavy atom. The van der Waals surface area contributed by atoms with Crippen LogP contribution in [-0.4, -0.2) is 21.0 Å². The van der Waals surface area contributed by atoms with E-state index in [0.29, 0.717) is 11.4 Å². The topological polar surface area (TPSA) is 72.2 Å². The second-order valence-electron chi connectivity index (χ2n) is 4.11. The summed E-state index contributed by atoms with van der Waals surface area (Å²) in [5, 5.41) is 0. The van der Waals surface area contributed by atoms with Crippen LogP contribution in [0.3, 0.4) is 0 Å². The molecule has 0 aliphatic carbocycles. The van der Waals surface area contributed by atoms with Crippen LogP contribution in [0.1, 0.15) is 25.3 Å². The third kappa shape index (κ3) is 3.80. The second-order valence-corrected chi connectivity index (χ2v) is 5.79. The van der Waals surface area contributed by atoms with E-state index in [0.717, 1.165) is 18.4 Å². The lowest BCUT2D eigenvalue weighted by atomic mass is 10.2. The first-order valence-electron chi connectivity index (χ1n) is 5.79. The first-order chi connectivity index (χ1) is 8.01. The van der Waals surface area contributed by atoms with Crippen molar-refractivity contribution in [1.82, 2.24) is 4.72 Å². The fraction of sp³-hybridized carbons (Fsp3) is 0.500. The van der Waals surface area contributed by atoms with E-state index in [-0.39, 0.29) is 6.04 Å². The summed E-state index contributed by atoms with van der Waals surface area (Å²) in [4.78, 5) is 0.328. The highest BCUT2D eigenvalue weighted by atomic mass is 32.2. The van der Waals surface area contributed by atoms with Gasteiger partial charge in [0.1, 0.15) is 0 Å². The molecule has 0 radical (unpaired) electrons. The number of aryl methyl sites for hydroxylation is 1. The van der Waals surface area contributed by atoms with Crippen LogP contribution < -0.4 is 10.5 Å². The predicted molar refractivity (Wildman–Crippen MR) is 69.3 cm³/mol. The molecule has 17 heavy (non-hydrogen) atoms. The maximum atomic E-state index is 12.1. The van der Waals surface area contributed by atoms with Crippen molar-refractivity contribution < 1.29 is 8.42 Å². The van der Waals surface area contributed by atoms with Crippen LogP contribution in [0, 0.1) is 6.92 Å². The van der Waals surface area contributed by atoms with E-state index in [4.69, 9.17) is 5.73 Å². The third-order valence-corrected chi connectivity index (χ3v) is 4.31. The average Bonchev–Trinajstić information content (AvgIpc) is 2.28. The summed E-state index contributed by atoms with van der Waals surface area (Å²) in [6, 6.07) is 6.74.